The minimum absolute atomic E-state index is 0.280. The Bertz CT molecular complexity index is 424. The monoisotopic (exact) mass is 272 g/mol. The lowest BCUT2D eigenvalue weighted by Gasteiger charge is -2.22. The van der Waals surface area contributed by atoms with Crippen molar-refractivity contribution in [3.8, 4) is 0 Å². The number of ether oxygens (including phenoxy) is 2. The molecule has 0 amide bonds. The maximum absolute atomic E-state index is 13.3. The van der Waals surface area contributed by atoms with E-state index in [0.29, 0.717) is 6.42 Å². The topological polar surface area (TPSA) is 35.5 Å². The molecule has 0 heterocycles. The zero-order chi connectivity index (χ0) is 14.5. The van der Waals surface area contributed by atoms with Gasteiger partial charge in [-0.15, -0.1) is 0 Å². The van der Waals surface area contributed by atoms with Gasteiger partial charge in [0.25, 0.3) is 0 Å². The van der Waals surface area contributed by atoms with Crippen LogP contribution in [0.5, 0.6) is 0 Å². The molecule has 0 atom stereocenters. The van der Waals surface area contributed by atoms with E-state index < -0.39 is 23.0 Å². The second-order valence-electron chi connectivity index (χ2n) is 4.79. The molecule has 0 aliphatic rings. The highest BCUT2D eigenvalue weighted by molar-refractivity contribution is 5.97. The van der Waals surface area contributed by atoms with Crippen LogP contribution in [-0.4, -0.2) is 31.7 Å². The normalized spacial score (nSPS) is 11.6. The Morgan fingerprint density at radius 2 is 1.84 bits per heavy atom. The Labute approximate surface area is 111 Å². The first-order valence-electron chi connectivity index (χ1n) is 5.97. The molecule has 0 saturated carbocycles. The van der Waals surface area contributed by atoms with Crippen LogP contribution in [0.4, 0.5) is 8.78 Å². The number of benzene rings is 1. The maximum Gasteiger partial charge on any atom is 0.194 e. The summed E-state index contributed by atoms with van der Waals surface area (Å²) < 4.78 is 37.0. The summed E-state index contributed by atoms with van der Waals surface area (Å²) in [6.45, 7) is 3.70. The van der Waals surface area contributed by atoms with E-state index in [2.05, 4.69) is 0 Å². The molecular formula is C14H18F2O3. The van der Waals surface area contributed by atoms with Crippen molar-refractivity contribution in [2.24, 2.45) is 0 Å². The summed E-state index contributed by atoms with van der Waals surface area (Å²) in [5, 5.41) is 0. The lowest BCUT2D eigenvalue weighted by molar-refractivity contribution is -0.00844. The van der Waals surface area contributed by atoms with Crippen molar-refractivity contribution in [2.75, 3.05) is 20.3 Å². The molecule has 3 nitrogen and oxygen atoms in total. The lowest BCUT2D eigenvalue weighted by Crippen LogP contribution is -2.25. The van der Waals surface area contributed by atoms with E-state index in [1.807, 2.05) is 13.8 Å². The summed E-state index contributed by atoms with van der Waals surface area (Å²) in [5.41, 5.74) is -0.903. The Morgan fingerprint density at radius 3 is 2.37 bits per heavy atom. The van der Waals surface area contributed by atoms with Gasteiger partial charge in [-0.05, 0) is 32.4 Å². The third kappa shape index (κ3) is 4.69. The number of rotatable bonds is 7. The Morgan fingerprint density at radius 1 is 1.26 bits per heavy atom. The first-order valence-corrected chi connectivity index (χ1v) is 5.97. The van der Waals surface area contributed by atoms with Crippen molar-refractivity contribution in [3.63, 3.8) is 0 Å². The molecule has 106 valence electrons. The molecule has 0 N–H and O–H groups in total. The van der Waals surface area contributed by atoms with Gasteiger partial charge in [-0.3, -0.25) is 4.79 Å². The van der Waals surface area contributed by atoms with E-state index in [9.17, 15) is 13.6 Å². The standard InChI is InChI=1S/C14H18F2O3/c1-14(2,18-3)7-8-19-9-12(17)13-10(15)5-4-6-11(13)16/h4-6H,7-9H2,1-3H3. The first-order chi connectivity index (χ1) is 8.87. The highest BCUT2D eigenvalue weighted by Gasteiger charge is 2.19. The van der Waals surface area contributed by atoms with Crippen LogP contribution in [0.25, 0.3) is 0 Å². The van der Waals surface area contributed by atoms with Gasteiger partial charge in [0.15, 0.2) is 5.78 Å². The van der Waals surface area contributed by atoms with E-state index >= 15 is 0 Å². The van der Waals surface area contributed by atoms with E-state index in [4.69, 9.17) is 9.47 Å². The largest absolute Gasteiger partial charge is 0.379 e. The highest BCUT2D eigenvalue weighted by atomic mass is 19.1. The quantitative estimate of drug-likeness (QED) is 0.565. The number of ketones is 1. The zero-order valence-corrected chi connectivity index (χ0v) is 11.3. The smallest absolute Gasteiger partial charge is 0.194 e. The van der Waals surface area contributed by atoms with E-state index in [1.54, 1.807) is 7.11 Å². The van der Waals surface area contributed by atoms with Crippen LogP contribution in [0.15, 0.2) is 18.2 Å². The van der Waals surface area contributed by atoms with Gasteiger partial charge in [0.2, 0.25) is 0 Å². The van der Waals surface area contributed by atoms with Gasteiger partial charge < -0.3 is 9.47 Å². The fraction of sp³-hybridized carbons (Fsp3) is 0.500. The number of Topliss-reactive ketones (excluding diaryl/α,β-unsaturated/α-hetero) is 1. The molecule has 0 spiro atoms. The lowest BCUT2D eigenvalue weighted by atomic mass is 10.1. The minimum atomic E-state index is -0.870. The molecule has 0 bridgehead atoms. The molecule has 1 aromatic carbocycles. The summed E-state index contributed by atoms with van der Waals surface area (Å²) in [5.74, 6) is -2.44. The van der Waals surface area contributed by atoms with Crippen molar-refractivity contribution < 1.29 is 23.0 Å². The van der Waals surface area contributed by atoms with Crippen LogP contribution in [0, 0.1) is 11.6 Å². The predicted molar refractivity (Wildman–Crippen MR) is 67.2 cm³/mol. The maximum atomic E-state index is 13.3. The van der Waals surface area contributed by atoms with E-state index in [-0.39, 0.29) is 18.8 Å². The second-order valence-corrected chi connectivity index (χ2v) is 4.79. The molecule has 0 radical (unpaired) electrons. The van der Waals surface area contributed by atoms with Gasteiger partial charge in [-0.1, -0.05) is 6.07 Å². The molecular weight excluding hydrogens is 254 g/mol. The van der Waals surface area contributed by atoms with Gasteiger partial charge in [0.1, 0.15) is 18.2 Å². The van der Waals surface area contributed by atoms with Crippen molar-refractivity contribution in [2.45, 2.75) is 25.9 Å². The van der Waals surface area contributed by atoms with Crippen LogP contribution in [-0.2, 0) is 9.47 Å². The highest BCUT2D eigenvalue weighted by Crippen LogP contribution is 2.14. The number of hydrogen-bond donors (Lipinski definition) is 0. The molecule has 0 aliphatic heterocycles. The molecule has 19 heavy (non-hydrogen) atoms. The van der Waals surface area contributed by atoms with E-state index in [0.717, 1.165) is 12.1 Å². The van der Waals surface area contributed by atoms with Gasteiger partial charge in [0, 0.05) is 13.7 Å². The SMILES string of the molecule is COC(C)(C)CCOCC(=O)c1c(F)cccc1F. The Balaban J connectivity index is 2.49. The Kier molecular flexibility index (Phi) is 5.57. The Hall–Kier alpha value is -1.33. The van der Waals surface area contributed by atoms with Gasteiger partial charge in [-0.25, -0.2) is 8.78 Å². The summed E-state index contributed by atoms with van der Waals surface area (Å²) >= 11 is 0. The predicted octanol–water partition coefficient (Wildman–Crippen LogP) is 2.98. The first kappa shape index (κ1) is 15.7. The molecule has 0 aliphatic carbocycles. The average Bonchev–Trinajstić information content (AvgIpc) is 2.34. The molecule has 1 rings (SSSR count). The minimum Gasteiger partial charge on any atom is -0.379 e. The molecule has 5 heteroatoms. The zero-order valence-electron chi connectivity index (χ0n) is 11.3. The summed E-state index contributed by atoms with van der Waals surface area (Å²) in [4.78, 5) is 11.6. The number of hydrogen-bond acceptors (Lipinski definition) is 3. The second kappa shape index (κ2) is 6.73. The molecule has 1 aromatic rings. The van der Waals surface area contributed by atoms with Gasteiger partial charge in [-0.2, -0.15) is 0 Å². The van der Waals surface area contributed by atoms with Crippen molar-refractivity contribution in [1.29, 1.82) is 0 Å². The number of carbonyl (C=O) groups is 1. The molecule has 0 saturated heterocycles. The number of carbonyl (C=O) groups excluding carboxylic acids is 1. The van der Waals surface area contributed by atoms with Crippen molar-refractivity contribution >= 4 is 5.78 Å². The van der Waals surface area contributed by atoms with Gasteiger partial charge >= 0.3 is 0 Å². The van der Waals surface area contributed by atoms with Crippen LogP contribution >= 0.6 is 0 Å². The third-order valence-corrected chi connectivity index (χ3v) is 2.88. The fourth-order valence-corrected chi connectivity index (χ4v) is 1.42. The number of methoxy groups -OCH3 is 1. The van der Waals surface area contributed by atoms with Crippen molar-refractivity contribution in [1.82, 2.24) is 0 Å². The van der Waals surface area contributed by atoms with Crippen LogP contribution in [0.3, 0.4) is 0 Å². The molecule has 0 aromatic heterocycles. The van der Waals surface area contributed by atoms with Crippen LogP contribution in [0.2, 0.25) is 0 Å². The van der Waals surface area contributed by atoms with E-state index in [1.165, 1.54) is 6.07 Å². The molecule has 0 fully saturated rings. The van der Waals surface area contributed by atoms with Gasteiger partial charge in [0.05, 0.1) is 11.2 Å². The molecule has 0 unspecified atom stereocenters. The summed E-state index contributed by atoms with van der Waals surface area (Å²) in [7, 11) is 1.58. The third-order valence-electron chi connectivity index (χ3n) is 2.88. The summed E-state index contributed by atoms with van der Waals surface area (Å²) in [6.07, 6.45) is 0.580. The summed E-state index contributed by atoms with van der Waals surface area (Å²) in [6, 6.07) is 3.30. The van der Waals surface area contributed by atoms with Crippen molar-refractivity contribution in [3.05, 3.63) is 35.4 Å². The number of halogens is 2. The fourth-order valence-electron chi connectivity index (χ4n) is 1.42. The van der Waals surface area contributed by atoms with Crippen LogP contribution in [0.1, 0.15) is 30.6 Å². The van der Waals surface area contributed by atoms with Crippen LogP contribution < -0.4 is 0 Å². The average molecular weight is 272 g/mol.